The molecule has 2 aliphatic rings. The Labute approximate surface area is 243 Å². The fourth-order valence-corrected chi connectivity index (χ4v) is 6.54. The number of hydrogen-bond donors (Lipinski definition) is 0. The van der Waals surface area contributed by atoms with Gasteiger partial charge < -0.3 is 23.7 Å². The van der Waals surface area contributed by atoms with Crippen LogP contribution in [-0.2, 0) is 39.9 Å². The van der Waals surface area contributed by atoms with Crippen LogP contribution in [0.4, 0.5) is 0 Å². The molecular formula is C32H32O8S. The molecule has 214 valence electrons. The summed E-state index contributed by atoms with van der Waals surface area (Å²) in [5, 5.41) is 0. The van der Waals surface area contributed by atoms with Gasteiger partial charge in [-0.15, -0.1) is 0 Å². The standard InChI is InChI=1S/C32H32O8S/c1-21-14-16-26(17-15-21)41-32-20-31(32,40-30(35)25-12-8-5-9-13-25)29(37-18-24-10-6-4-7-11-24)28(38-23(3)34)27(39-32)19-36-22(2)33/h4-17,27-29H,18-20H2,1-3H3/t27?,28-,29?,31-,32?/m1/s1. The van der Waals surface area contributed by atoms with Crippen LogP contribution in [0.5, 0.6) is 0 Å². The van der Waals surface area contributed by atoms with Gasteiger partial charge in [-0.3, -0.25) is 9.59 Å². The average Bonchev–Trinajstić information content (AvgIpc) is 3.59. The van der Waals surface area contributed by atoms with Gasteiger partial charge in [0.15, 0.2) is 16.6 Å². The van der Waals surface area contributed by atoms with Crippen LogP contribution >= 0.6 is 11.8 Å². The molecule has 5 atom stereocenters. The molecule has 0 N–H and O–H groups in total. The molecule has 41 heavy (non-hydrogen) atoms. The van der Waals surface area contributed by atoms with Gasteiger partial charge in [-0.2, -0.15) is 0 Å². The minimum Gasteiger partial charge on any atom is -0.463 e. The first kappa shape index (κ1) is 28.9. The van der Waals surface area contributed by atoms with Crippen molar-refractivity contribution >= 4 is 29.7 Å². The summed E-state index contributed by atoms with van der Waals surface area (Å²) in [5.41, 5.74) is 1.05. The molecule has 0 bridgehead atoms. The van der Waals surface area contributed by atoms with Gasteiger partial charge in [-0.1, -0.05) is 78.0 Å². The van der Waals surface area contributed by atoms with Crippen LogP contribution in [0, 0.1) is 6.92 Å². The van der Waals surface area contributed by atoms with E-state index in [1.165, 1.54) is 25.6 Å². The Bertz CT molecular complexity index is 1380. The first-order valence-corrected chi connectivity index (χ1v) is 14.2. The highest BCUT2D eigenvalue weighted by molar-refractivity contribution is 8.01. The summed E-state index contributed by atoms with van der Waals surface area (Å²) in [5.74, 6) is -1.61. The van der Waals surface area contributed by atoms with Crippen LogP contribution < -0.4 is 0 Å². The Morgan fingerprint density at radius 2 is 1.56 bits per heavy atom. The van der Waals surface area contributed by atoms with Crippen molar-refractivity contribution in [2.24, 2.45) is 0 Å². The lowest BCUT2D eigenvalue weighted by Gasteiger charge is -2.44. The largest absolute Gasteiger partial charge is 0.463 e. The van der Waals surface area contributed by atoms with Crippen LogP contribution in [0.3, 0.4) is 0 Å². The number of hydrogen-bond acceptors (Lipinski definition) is 9. The van der Waals surface area contributed by atoms with Crippen molar-refractivity contribution < 1.29 is 38.1 Å². The van der Waals surface area contributed by atoms with Crippen molar-refractivity contribution in [2.75, 3.05) is 6.61 Å². The first-order chi connectivity index (χ1) is 19.7. The summed E-state index contributed by atoms with van der Waals surface area (Å²) >= 11 is 1.41. The second-order valence-corrected chi connectivity index (χ2v) is 11.6. The quantitative estimate of drug-likeness (QED) is 0.236. The number of carbonyl (C=O) groups is 3. The zero-order chi connectivity index (χ0) is 29.0. The van der Waals surface area contributed by atoms with E-state index in [0.29, 0.717) is 5.56 Å². The van der Waals surface area contributed by atoms with Crippen molar-refractivity contribution in [3.05, 3.63) is 102 Å². The molecule has 2 fully saturated rings. The number of thioether (sulfide) groups is 1. The maximum absolute atomic E-state index is 13.5. The van der Waals surface area contributed by atoms with E-state index in [9.17, 15) is 14.4 Å². The summed E-state index contributed by atoms with van der Waals surface area (Å²) in [6.07, 6.45) is -2.54. The fraction of sp³-hybridized carbons (Fsp3) is 0.344. The number of fused-ring (bicyclic) bond motifs is 1. The molecule has 3 aromatic rings. The Hall–Kier alpha value is -3.66. The van der Waals surface area contributed by atoms with E-state index in [0.717, 1.165) is 16.0 Å². The molecule has 1 aliphatic heterocycles. The number of aryl methyl sites for hydroxylation is 1. The van der Waals surface area contributed by atoms with Crippen molar-refractivity contribution in [3.63, 3.8) is 0 Å². The molecule has 1 saturated carbocycles. The second-order valence-electron chi connectivity index (χ2n) is 10.2. The molecule has 0 amide bonds. The molecule has 1 aliphatic carbocycles. The van der Waals surface area contributed by atoms with E-state index >= 15 is 0 Å². The highest BCUT2D eigenvalue weighted by atomic mass is 32.2. The molecule has 3 unspecified atom stereocenters. The molecule has 0 aromatic heterocycles. The lowest BCUT2D eigenvalue weighted by atomic mass is 9.97. The van der Waals surface area contributed by atoms with E-state index in [-0.39, 0.29) is 19.6 Å². The zero-order valence-electron chi connectivity index (χ0n) is 23.1. The highest BCUT2D eigenvalue weighted by Crippen LogP contribution is 2.68. The van der Waals surface area contributed by atoms with Crippen molar-refractivity contribution in [1.29, 1.82) is 0 Å². The predicted octanol–water partition coefficient (Wildman–Crippen LogP) is 5.26. The van der Waals surface area contributed by atoms with Gasteiger partial charge in [0.25, 0.3) is 0 Å². The van der Waals surface area contributed by atoms with Gasteiger partial charge in [0.1, 0.15) is 18.8 Å². The summed E-state index contributed by atoms with van der Waals surface area (Å²) in [4.78, 5) is 37.4. The van der Waals surface area contributed by atoms with E-state index in [2.05, 4.69) is 0 Å². The third-order valence-corrected chi connectivity index (χ3v) is 8.52. The summed E-state index contributed by atoms with van der Waals surface area (Å²) in [6, 6.07) is 26.1. The lowest BCUT2D eigenvalue weighted by Crippen LogP contribution is -2.61. The molecular weight excluding hydrogens is 544 g/mol. The average molecular weight is 577 g/mol. The molecule has 3 aromatic carbocycles. The number of benzene rings is 3. The normalized spacial score (nSPS) is 26.4. The van der Waals surface area contributed by atoms with Gasteiger partial charge in [-0.05, 0) is 36.8 Å². The molecule has 1 heterocycles. The lowest BCUT2D eigenvalue weighted by molar-refractivity contribution is -0.236. The number of rotatable bonds is 10. The summed E-state index contributed by atoms with van der Waals surface area (Å²) < 4.78 is 30.6. The third kappa shape index (κ3) is 6.32. The minimum atomic E-state index is -1.31. The smallest absolute Gasteiger partial charge is 0.338 e. The monoisotopic (exact) mass is 576 g/mol. The van der Waals surface area contributed by atoms with Gasteiger partial charge in [-0.25, -0.2) is 4.79 Å². The predicted molar refractivity (Wildman–Crippen MR) is 151 cm³/mol. The van der Waals surface area contributed by atoms with E-state index in [4.69, 9.17) is 23.7 Å². The minimum absolute atomic E-state index is 0.166. The van der Waals surface area contributed by atoms with Crippen LogP contribution in [0.2, 0.25) is 0 Å². The van der Waals surface area contributed by atoms with E-state index in [1.54, 1.807) is 24.3 Å². The fourth-order valence-electron chi connectivity index (χ4n) is 5.09. The van der Waals surface area contributed by atoms with E-state index < -0.39 is 46.8 Å². The van der Waals surface area contributed by atoms with Crippen molar-refractivity contribution in [2.45, 2.75) is 67.5 Å². The SMILES string of the molecule is CC(=O)OCC1OC2(Sc3ccc(C)cc3)C[C@@]2(OC(=O)c2ccccc2)C(OCc2ccccc2)[C@@H]1OC(C)=O. The van der Waals surface area contributed by atoms with Gasteiger partial charge >= 0.3 is 17.9 Å². The maximum atomic E-state index is 13.5. The molecule has 0 radical (unpaired) electrons. The topological polar surface area (TPSA) is 97.4 Å². The zero-order valence-corrected chi connectivity index (χ0v) is 23.9. The first-order valence-electron chi connectivity index (χ1n) is 13.4. The molecule has 1 saturated heterocycles. The second kappa shape index (κ2) is 12.1. The van der Waals surface area contributed by atoms with Gasteiger partial charge in [0.2, 0.25) is 0 Å². The van der Waals surface area contributed by atoms with Gasteiger partial charge in [0.05, 0.1) is 12.2 Å². The summed E-state index contributed by atoms with van der Waals surface area (Å²) in [6.45, 7) is 4.58. The molecule has 5 rings (SSSR count). The molecule has 8 nitrogen and oxygen atoms in total. The van der Waals surface area contributed by atoms with Gasteiger partial charge in [0, 0.05) is 25.2 Å². The Balaban J connectivity index is 1.56. The van der Waals surface area contributed by atoms with Crippen LogP contribution in [0.15, 0.2) is 89.8 Å². The van der Waals surface area contributed by atoms with Crippen LogP contribution in [0.1, 0.15) is 41.8 Å². The highest BCUT2D eigenvalue weighted by Gasteiger charge is 2.82. The Morgan fingerprint density at radius 1 is 0.902 bits per heavy atom. The number of ether oxygens (including phenoxy) is 5. The maximum Gasteiger partial charge on any atom is 0.338 e. The van der Waals surface area contributed by atoms with Crippen molar-refractivity contribution in [1.82, 2.24) is 0 Å². The van der Waals surface area contributed by atoms with Crippen molar-refractivity contribution in [3.8, 4) is 0 Å². The summed E-state index contributed by atoms with van der Waals surface area (Å²) in [7, 11) is 0. The Morgan fingerprint density at radius 3 is 2.20 bits per heavy atom. The molecule has 9 heteroatoms. The Kier molecular flexibility index (Phi) is 8.49. The molecule has 0 spiro atoms. The third-order valence-electron chi connectivity index (χ3n) is 7.09. The van der Waals surface area contributed by atoms with Crippen LogP contribution in [0.25, 0.3) is 0 Å². The van der Waals surface area contributed by atoms with E-state index in [1.807, 2.05) is 67.6 Å². The number of carbonyl (C=O) groups excluding carboxylic acids is 3. The number of esters is 3. The van der Waals surface area contributed by atoms with Crippen LogP contribution in [-0.4, -0.2) is 53.4 Å².